The third-order valence-corrected chi connectivity index (χ3v) is 4.45. The van der Waals surface area contributed by atoms with Crippen molar-refractivity contribution in [3.8, 4) is 12.3 Å². The quantitative estimate of drug-likeness (QED) is 0.482. The van der Waals surface area contributed by atoms with Crippen LogP contribution >= 0.6 is 23.5 Å². The van der Waals surface area contributed by atoms with Gasteiger partial charge in [-0.3, -0.25) is 4.79 Å². The molecule has 1 heterocycles. The predicted octanol–water partition coefficient (Wildman–Crippen LogP) is 2.72. The SMILES string of the molecule is C#CCSCCn1c(SCC(=O)O)nc2ccc(F)cc21. The molecule has 0 aliphatic heterocycles. The van der Waals surface area contributed by atoms with E-state index in [9.17, 15) is 9.18 Å². The number of carbonyl (C=O) groups is 1. The summed E-state index contributed by atoms with van der Waals surface area (Å²) in [7, 11) is 0. The number of halogens is 1. The Balaban J connectivity index is 2.27. The first-order valence-corrected chi connectivity index (χ1v) is 8.27. The monoisotopic (exact) mass is 324 g/mol. The van der Waals surface area contributed by atoms with Crippen molar-refractivity contribution >= 4 is 40.5 Å². The summed E-state index contributed by atoms with van der Waals surface area (Å²) in [6.45, 7) is 0.605. The molecular weight excluding hydrogens is 311 g/mol. The van der Waals surface area contributed by atoms with E-state index in [1.165, 1.54) is 12.1 Å². The van der Waals surface area contributed by atoms with Crippen LogP contribution in [0.2, 0.25) is 0 Å². The first-order valence-electron chi connectivity index (χ1n) is 6.13. The molecule has 0 saturated carbocycles. The standard InChI is InChI=1S/C14H13FN2O2S2/c1-2-6-20-7-5-17-12-8-10(15)3-4-11(12)16-14(17)21-9-13(18)19/h1,3-4,8H,5-7,9H2,(H,18,19). The molecule has 4 nitrogen and oxygen atoms in total. The molecule has 7 heteroatoms. The van der Waals surface area contributed by atoms with Crippen LogP contribution in [0.25, 0.3) is 11.0 Å². The molecule has 21 heavy (non-hydrogen) atoms. The highest BCUT2D eigenvalue weighted by molar-refractivity contribution is 8.00. The van der Waals surface area contributed by atoms with E-state index in [2.05, 4.69) is 10.9 Å². The number of thioether (sulfide) groups is 2. The fourth-order valence-corrected chi connectivity index (χ4v) is 3.15. The maximum Gasteiger partial charge on any atom is 0.313 e. The highest BCUT2D eigenvalue weighted by atomic mass is 32.2. The summed E-state index contributed by atoms with van der Waals surface area (Å²) in [4.78, 5) is 15.1. The second-order valence-corrected chi connectivity index (χ2v) is 6.17. The molecule has 110 valence electrons. The lowest BCUT2D eigenvalue weighted by atomic mass is 10.3. The summed E-state index contributed by atoms with van der Waals surface area (Å²) < 4.78 is 15.3. The predicted molar refractivity (Wildman–Crippen MR) is 84.2 cm³/mol. The Morgan fingerprint density at radius 2 is 2.33 bits per heavy atom. The Hall–Kier alpha value is -1.65. The Morgan fingerprint density at radius 3 is 3.05 bits per heavy atom. The van der Waals surface area contributed by atoms with Gasteiger partial charge >= 0.3 is 5.97 Å². The minimum absolute atomic E-state index is 0.0801. The molecule has 0 amide bonds. The molecule has 1 aromatic carbocycles. The summed E-state index contributed by atoms with van der Waals surface area (Å²) in [6.07, 6.45) is 5.20. The van der Waals surface area contributed by atoms with Crippen molar-refractivity contribution in [1.29, 1.82) is 0 Å². The Labute approximate surface area is 130 Å². The van der Waals surface area contributed by atoms with Crippen LogP contribution < -0.4 is 0 Å². The molecule has 1 N–H and O–H groups in total. The Bertz CT molecular complexity index is 694. The first-order chi connectivity index (χ1) is 10.1. The third kappa shape index (κ3) is 4.16. The molecule has 0 fully saturated rings. The van der Waals surface area contributed by atoms with Crippen molar-refractivity contribution in [2.45, 2.75) is 11.7 Å². The van der Waals surface area contributed by atoms with Crippen LogP contribution in [-0.4, -0.2) is 37.9 Å². The number of rotatable bonds is 7. The van der Waals surface area contributed by atoms with E-state index in [0.717, 1.165) is 17.5 Å². The lowest BCUT2D eigenvalue weighted by Gasteiger charge is -2.07. The minimum Gasteiger partial charge on any atom is -0.481 e. The fourth-order valence-electron chi connectivity index (χ4n) is 1.81. The number of fused-ring (bicyclic) bond motifs is 1. The van der Waals surface area contributed by atoms with Crippen LogP contribution in [0, 0.1) is 18.2 Å². The van der Waals surface area contributed by atoms with Gasteiger partial charge in [0.15, 0.2) is 5.16 Å². The Kier molecular flexibility index (Phi) is 5.53. The van der Waals surface area contributed by atoms with Crippen molar-refractivity contribution in [3.63, 3.8) is 0 Å². The van der Waals surface area contributed by atoms with Gasteiger partial charge in [-0.15, -0.1) is 18.2 Å². The number of hydrogen-bond donors (Lipinski definition) is 1. The fraction of sp³-hybridized carbons (Fsp3) is 0.286. The Morgan fingerprint density at radius 1 is 1.52 bits per heavy atom. The van der Waals surface area contributed by atoms with Crippen LogP contribution in [0.5, 0.6) is 0 Å². The van der Waals surface area contributed by atoms with E-state index in [1.54, 1.807) is 17.8 Å². The third-order valence-electron chi connectivity index (χ3n) is 2.64. The average Bonchev–Trinajstić information content (AvgIpc) is 2.78. The van der Waals surface area contributed by atoms with Gasteiger partial charge in [-0.2, -0.15) is 0 Å². The summed E-state index contributed by atoms with van der Waals surface area (Å²) in [5.74, 6) is 2.58. The number of imidazole rings is 1. The number of carboxylic acid groups (broad SMARTS) is 1. The van der Waals surface area contributed by atoms with Crippen LogP contribution in [0.15, 0.2) is 23.4 Å². The topological polar surface area (TPSA) is 55.1 Å². The van der Waals surface area contributed by atoms with Gasteiger partial charge in [0.25, 0.3) is 0 Å². The van der Waals surface area contributed by atoms with E-state index in [0.29, 0.717) is 28.5 Å². The lowest BCUT2D eigenvalue weighted by molar-refractivity contribution is -0.133. The van der Waals surface area contributed by atoms with E-state index in [4.69, 9.17) is 11.5 Å². The van der Waals surface area contributed by atoms with Crippen molar-refractivity contribution in [2.24, 2.45) is 0 Å². The number of carboxylic acids is 1. The number of aliphatic carboxylic acids is 1. The average molecular weight is 324 g/mol. The van der Waals surface area contributed by atoms with Crippen LogP contribution in [0.3, 0.4) is 0 Å². The molecule has 1 aromatic heterocycles. The van der Waals surface area contributed by atoms with Gasteiger partial charge in [-0.25, -0.2) is 9.37 Å². The smallest absolute Gasteiger partial charge is 0.313 e. The summed E-state index contributed by atoms with van der Waals surface area (Å²) in [5, 5.41) is 9.37. The van der Waals surface area contributed by atoms with Crippen LogP contribution in [-0.2, 0) is 11.3 Å². The maximum atomic E-state index is 13.4. The second kappa shape index (κ2) is 7.38. The van der Waals surface area contributed by atoms with Gasteiger partial charge in [0.1, 0.15) is 5.82 Å². The van der Waals surface area contributed by atoms with E-state index in [1.807, 2.05) is 4.57 Å². The highest BCUT2D eigenvalue weighted by Gasteiger charge is 2.13. The first kappa shape index (κ1) is 15.7. The van der Waals surface area contributed by atoms with E-state index < -0.39 is 5.97 Å². The molecule has 0 atom stereocenters. The highest BCUT2D eigenvalue weighted by Crippen LogP contribution is 2.25. The second-order valence-electron chi connectivity index (χ2n) is 4.12. The molecule has 0 aliphatic rings. The van der Waals surface area contributed by atoms with Gasteiger partial charge in [0, 0.05) is 12.3 Å². The normalized spacial score (nSPS) is 10.7. The number of hydrogen-bond acceptors (Lipinski definition) is 4. The van der Waals surface area contributed by atoms with Gasteiger partial charge in [-0.05, 0) is 18.2 Å². The molecule has 2 rings (SSSR count). The number of aryl methyl sites for hydroxylation is 1. The van der Waals surface area contributed by atoms with Crippen molar-refractivity contribution in [3.05, 3.63) is 24.0 Å². The van der Waals surface area contributed by atoms with Crippen molar-refractivity contribution in [1.82, 2.24) is 9.55 Å². The summed E-state index contributed by atoms with van der Waals surface area (Å²) >= 11 is 2.72. The largest absolute Gasteiger partial charge is 0.481 e. The maximum absolute atomic E-state index is 13.4. The number of benzene rings is 1. The minimum atomic E-state index is -0.911. The molecule has 2 aromatic rings. The van der Waals surface area contributed by atoms with Crippen molar-refractivity contribution in [2.75, 3.05) is 17.3 Å². The van der Waals surface area contributed by atoms with E-state index in [-0.39, 0.29) is 11.6 Å². The van der Waals surface area contributed by atoms with Gasteiger partial charge in [-0.1, -0.05) is 17.7 Å². The van der Waals surface area contributed by atoms with E-state index >= 15 is 0 Å². The van der Waals surface area contributed by atoms with Crippen molar-refractivity contribution < 1.29 is 14.3 Å². The molecule has 0 spiro atoms. The van der Waals surface area contributed by atoms with Crippen LogP contribution in [0.4, 0.5) is 4.39 Å². The number of terminal acetylenes is 1. The zero-order valence-electron chi connectivity index (χ0n) is 11.1. The summed E-state index contributed by atoms with van der Waals surface area (Å²) in [5.41, 5.74) is 1.33. The molecule has 0 radical (unpaired) electrons. The zero-order chi connectivity index (χ0) is 15.2. The molecule has 0 bridgehead atoms. The van der Waals surface area contributed by atoms with Gasteiger partial charge in [0.05, 0.1) is 22.5 Å². The van der Waals surface area contributed by atoms with Gasteiger partial charge in [0.2, 0.25) is 0 Å². The lowest BCUT2D eigenvalue weighted by Crippen LogP contribution is -2.05. The number of aromatic nitrogens is 2. The molecule has 0 unspecified atom stereocenters. The zero-order valence-corrected chi connectivity index (χ0v) is 12.7. The van der Waals surface area contributed by atoms with Gasteiger partial charge < -0.3 is 9.67 Å². The van der Waals surface area contributed by atoms with Crippen LogP contribution in [0.1, 0.15) is 0 Å². The number of nitrogens with zero attached hydrogens (tertiary/aromatic N) is 2. The molecule has 0 saturated heterocycles. The molecular formula is C14H13FN2O2S2. The molecule has 0 aliphatic carbocycles. The summed E-state index contributed by atoms with van der Waals surface area (Å²) in [6, 6.07) is 4.36.